The predicted molar refractivity (Wildman–Crippen MR) is 87.1 cm³/mol. The Morgan fingerprint density at radius 3 is 2.81 bits per heavy atom. The first kappa shape index (κ1) is 15.6. The fraction of sp³-hybridized carbons (Fsp3) is 0.400. The molecule has 1 saturated heterocycles. The van der Waals surface area contributed by atoms with E-state index in [1.54, 1.807) is 6.21 Å². The Morgan fingerprint density at radius 2 is 2.14 bits per heavy atom. The molecule has 1 amide bonds. The highest BCUT2D eigenvalue weighted by molar-refractivity contribution is 8.15. The number of benzene rings is 1. The van der Waals surface area contributed by atoms with E-state index >= 15 is 0 Å². The summed E-state index contributed by atoms with van der Waals surface area (Å²) in [6.45, 7) is 2.93. The maximum Gasteiger partial charge on any atom is 0.236 e. The third-order valence-corrected chi connectivity index (χ3v) is 3.70. The van der Waals surface area contributed by atoms with Crippen LogP contribution < -0.4 is 10.1 Å². The van der Waals surface area contributed by atoms with E-state index in [1.807, 2.05) is 24.3 Å². The Balaban J connectivity index is 1.80. The summed E-state index contributed by atoms with van der Waals surface area (Å²) in [6, 6.07) is 7.71. The smallest absolute Gasteiger partial charge is 0.236 e. The molecular weight excluding hydrogens is 286 g/mol. The van der Waals surface area contributed by atoms with Crippen LogP contribution in [0.15, 0.2) is 34.5 Å². The van der Waals surface area contributed by atoms with Gasteiger partial charge in [0.15, 0.2) is 5.17 Å². The lowest BCUT2D eigenvalue weighted by Gasteiger charge is -2.05. The number of nitrogens with one attached hydrogen (secondary N) is 1. The van der Waals surface area contributed by atoms with Crippen molar-refractivity contribution in [3.8, 4) is 5.75 Å². The highest BCUT2D eigenvalue weighted by Gasteiger charge is 2.15. The first-order valence-corrected chi connectivity index (χ1v) is 8.03. The number of thioether (sulfide) groups is 1. The molecule has 1 N–H and O–H groups in total. The Morgan fingerprint density at radius 1 is 1.33 bits per heavy atom. The van der Waals surface area contributed by atoms with Gasteiger partial charge in [-0.1, -0.05) is 31.5 Å². The van der Waals surface area contributed by atoms with Crippen molar-refractivity contribution in [1.29, 1.82) is 0 Å². The quantitative estimate of drug-likeness (QED) is 0.478. The van der Waals surface area contributed by atoms with Crippen molar-refractivity contribution in [1.82, 2.24) is 5.32 Å². The Labute approximate surface area is 128 Å². The summed E-state index contributed by atoms with van der Waals surface area (Å²) in [7, 11) is 0. The minimum atomic E-state index is -0.0291. The first-order chi connectivity index (χ1) is 10.3. The number of unbranched alkanes of at least 4 members (excludes halogenated alkanes) is 2. The van der Waals surface area contributed by atoms with E-state index in [0.29, 0.717) is 10.9 Å². The zero-order valence-electron chi connectivity index (χ0n) is 12.0. The molecule has 2 rings (SSSR count). The molecule has 1 aliphatic heterocycles. The zero-order chi connectivity index (χ0) is 14.9. The van der Waals surface area contributed by atoms with Gasteiger partial charge < -0.3 is 10.1 Å². The van der Waals surface area contributed by atoms with E-state index in [4.69, 9.17) is 4.74 Å². The predicted octanol–water partition coefficient (Wildman–Crippen LogP) is 2.81. The van der Waals surface area contributed by atoms with E-state index in [2.05, 4.69) is 22.4 Å². The molecule has 0 aromatic heterocycles. The largest absolute Gasteiger partial charge is 0.494 e. The third-order valence-electron chi connectivity index (χ3n) is 2.84. The fourth-order valence-electron chi connectivity index (χ4n) is 1.72. The van der Waals surface area contributed by atoms with E-state index in [9.17, 15) is 4.79 Å². The number of carbonyl (C=O) groups is 1. The fourth-order valence-corrected chi connectivity index (χ4v) is 2.35. The van der Waals surface area contributed by atoms with Crippen LogP contribution in [0.3, 0.4) is 0 Å². The minimum absolute atomic E-state index is 0.0291. The molecular formula is C15H19N3O2S. The first-order valence-electron chi connectivity index (χ1n) is 7.04. The molecule has 0 saturated carbocycles. The molecule has 1 fully saturated rings. The highest BCUT2D eigenvalue weighted by atomic mass is 32.2. The van der Waals surface area contributed by atoms with Crippen LogP contribution in [0.2, 0.25) is 0 Å². The second kappa shape index (κ2) is 8.46. The average Bonchev–Trinajstić information content (AvgIpc) is 2.91. The van der Waals surface area contributed by atoms with Gasteiger partial charge in [-0.3, -0.25) is 4.79 Å². The van der Waals surface area contributed by atoms with Crippen LogP contribution in [-0.2, 0) is 4.79 Å². The average molecular weight is 305 g/mol. The molecule has 0 unspecified atom stereocenters. The van der Waals surface area contributed by atoms with Crippen molar-refractivity contribution < 1.29 is 9.53 Å². The van der Waals surface area contributed by atoms with Gasteiger partial charge in [0.1, 0.15) is 5.75 Å². The van der Waals surface area contributed by atoms with Crippen LogP contribution in [-0.4, -0.2) is 29.6 Å². The SMILES string of the molecule is CCCCCOc1ccc(/C=N\N=C2/NC(=O)CS2)cc1. The summed E-state index contributed by atoms with van der Waals surface area (Å²) in [5.41, 5.74) is 0.939. The van der Waals surface area contributed by atoms with Crippen LogP contribution >= 0.6 is 11.8 Å². The lowest BCUT2D eigenvalue weighted by molar-refractivity contribution is -0.116. The van der Waals surface area contributed by atoms with Crippen LogP contribution in [0.4, 0.5) is 0 Å². The highest BCUT2D eigenvalue weighted by Crippen LogP contribution is 2.12. The van der Waals surface area contributed by atoms with Crippen molar-refractivity contribution in [3.63, 3.8) is 0 Å². The minimum Gasteiger partial charge on any atom is -0.494 e. The Kier molecular flexibility index (Phi) is 6.27. The summed E-state index contributed by atoms with van der Waals surface area (Å²) >= 11 is 1.36. The van der Waals surface area contributed by atoms with E-state index < -0.39 is 0 Å². The van der Waals surface area contributed by atoms with E-state index in [1.165, 1.54) is 24.6 Å². The number of hydrogen-bond acceptors (Lipinski definition) is 5. The zero-order valence-corrected chi connectivity index (χ0v) is 12.9. The molecule has 0 atom stereocenters. The molecule has 21 heavy (non-hydrogen) atoms. The van der Waals surface area contributed by atoms with Gasteiger partial charge in [0.2, 0.25) is 5.91 Å². The van der Waals surface area contributed by atoms with Crippen LogP contribution in [0.25, 0.3) is 0 Å². The van der Waals surface area contributed by atoms with Crippen LogP contribution in [0.1, 0.15) is 31.7 Å². The van der Waals surface area contributed by atoms with Gasteiger partial charge in [-0.15, -0.1) is 5.10 Å². The Hall–Kier alpha value is -1.82. The van der Waals surface area contributed by atoms with E-state index in [0.717, 1.165) is 24.3 Å². The van der Waals surface area contributed by atoms with Gasteiger partial charge in [0.05, 0.1) is 18.6 Å². The van der Waals surface area contributed by atoms with Gasteiger partial charge in [-0.05, 0) is 36.2 Å². The molecule has 6 heteroatoms. The summed E-state index contributed by atoms with van der Waals surface area (Å²) in [5, 5.41) is 11.1. The lowest BCUT2D eigenvalue weighted by Crippen LogP contribution is -2.19. The molecule has 5 nitrogen and oxygen atoms in total. The topological polar surface area (TPSA) is 63.1 Å². The van der Waals surface area contributed by atoms with Crippen LogP contribution in [0, 0.1) is 0 Å². The third kappa shape index (κ3) is 5.59. The summed E-state index contributed by atoms with van der Waals surface area (Å²) < 4.78 is 5.64. The van der Waals surface area contributed by atoms with Crippen molar-refractivity contribution >= 4 is 29.1 Å². The summed E-state index contributed by atoms with van der Waals surface area (Å²) in [5.74, 6) is 1.25. The monoisotopic (exact) mass is 305 g/mol. The number of rotatable bonds is 7. The van der Waals surface area contributed by atoms with Gasteiger partial charge >= 0.3 is 0 Å². The lowest BCUT2D eigenvalue weighted by atomic mass is 10.2. The number of carbonyl (C=O) groups excluding carboxylic acids is 1. The second-order valence-corrected chi connectivity index (χ2v) is 5.58. The molecule has 1 aromatic carbocycles. The van der Waals surface area contributed by atoms with Crippen LogP contribution in [0.5, 0.6) is 5.75 Å². The molecule has 112 valence electrons. The molecule has 0 spiro atoms. The van der Waals surface area contributed by atoms with Crippen molar-refractivity contribution in [3.05, 3.63) is 29.8 Å². The second-order valence-electron chi connectivity index (χ2n) is 4.61. The number of hydrogen-bond donors (Lipinski definition) is 1. The molecule has 0 bridgehead atoms. The summed E-state index contributed by atoms with van der Waals surface area (Å²) in [4.78, 5) is 11.0. The normalized spacial score (nSPS) is 16.6. The number of amides is 1. The maximum atomic E-state index is 11.0. The molecule has 1 aliphatic rings. The molecule has 1 heterocycles. The van der Waals surface area contributed by atoms with Gasteiger partial charge in [0, 0.05) is 0 Å². The van der Waals surface area contributed by atoms with E-state index in [-0.39, 0.29) is 5.91 Å². The standard InChI is InChI=1S/C15H19N3O2S/c1-2-3-4-9-20-13-7-5-12(6-8-13)10-16-18-15-17-14(19)11-21-15/h5-8,10H,2-4,9,11H2,1H3,(H,17,18,19)/b16-10-. The molecule has 0 radical (unpaired) electrons. The van der Waals surface area contributed by atoms with Crippen molar-refractivity contribution in [2.45, 2.75) is 26.2 Å². The maximum absolute atomic E-state index is 11.0. The number of ether oxygens (including phenoxy) is 1. The van der Waals surface area contributed by atoms with Crippen molar-refractivity contribution in [2.75, 3.05) is 12.4 Å². The number of amidine groups is 1. The van der Waals surface area contributed by atoms with Crippen molar-refractivity contribution in [2.24, 2.45) is 10.2 Å². The molecule has 0 aliphatic carbocycles. The number of nitrogens with zero attached hydrogens (tertiary/aromatic N) is 2. The molecule has 1 aromatic rings. The van der Waals surface area contributed by atoms with Gasteiger partial charge in [-0.25, -0.2) is 0 Å². The van der Waals surface area contributed by atoms with Gasteiger partial charge in [0.25, 0.3) is 0 Å². The van der Waals surface area contributed by atoms with Gasteiger partial charge in [-0.2, -0.15) is 5.10 Å². The summed E-state index contributed by atoms with van der Waals surface area (Å²) in [6.07, 6.45) is 5.12. The Bertz CT molecular complexity index is 526.